The molecule has 0 spiro atoms. The molecule has 0 aromatic heterocycles. The molecule has 4 unspecified atom stereocenters. The molecular weight excluding hydrogens is 430 g/mol. The molecule has 4 N–H and O–H groups in total. The van der Waals surface area contributed by atoms with Gasteiger partial charge in [-0.3, -0.25) is 4.79 Å². The van der Waals surface area contributed by atoms with Crippen molar-refractivity contribution in [2.75, 3.05) is 13.2 Å². The number of phenolic OH excluding ortho intramolecular Hbond substituents is 2. The van der Waals surface area contributed by atoms with Gasteiger partial charge >= 0.3 is 0 Å². The molecule has 2 saturated heterocycles. The fourth-order valence-corrected chi connectivity index (χ4v) is 5.25. The maximum Gasteiger partial charge on any atom is 0.242 e. The Morgan fingerprint density at radius 2 is 1.65 bits per heavy atom. The van der Waals surface area contributed by atoms with E-state index in [9.17, 15) is 15.0 Å². The number of para-hydroxylation sites is 1. The molecule has 0 bridgehead atoms. The molecule has 3 aromatic rings. The molecule has 7 nitrogen and oxygen atoms in total. The smallest absolute Gasteiger partial charge is 0.242 e. The molecule has 5 rings (SSSR count). The average Bonchev–Trinajstić information content (AvgIpc) is 3.39. The second-order valence-corrected chi connectivity index (χ2v) is 8.75. The third kappa shape index (κ3) is 3.97. The second kappa shape index (κ2) is 9.37. The summed E-state index contributed by atoms with van der Waals surface area (Å²) in [5.41, 5.74) is 9.24. The number of hydrazine groups is 1. The van der Waals surface area contributed by atoms with Gasteiger partial charge < -0.3 is 19.8 Å². The quantitative estimate of drug-likeness (QED) is 0.432. The van der Waals surface area contributed by atoms with Crippen molar-refractivity contribution in [1.29, 1.82) is 0 Å². The predicted octanol–water partition coefficient (Wildman–Crippen LogP) is 3.46. The zero-order valence-electron chi connectivity index (χ0n) is 19.0. The normalized spacial score (nSPS) is 23.8. The Labute approximate surface area is 199 Å². The van der Waals surface area contributed by atoms with Crippen LogP contribution in [0.4, 0.5) is 0 Å². The number of hydrogen-bond acceptors (Lipinski definition) is 6. The summed E-state index contributed by atoms with van der Waals surface area (Å²) in [6, 6.07) is 21.7. The van der Waals surface area contributed by atoms with Gasteiger partial charge in [0.25, 0.3) is 0 Å². The van der Waals surface area contributed by atoms with Crippen LogP contribution in [0, 0.1) is 5.92 Å². The number of fused-ring (bicyclic) bond motifs is 1. The first kappa shape index (κ1) is 22.3. The van der Waals surface area contributed by atoms with E-state index in [1.165, 1.54) is 0 Å². The number of benzene rings is 3. The fraction of sp³-hybridized carbons (Fsp3) is 0.296. The van der Waals surface area contributed by atoms with E-state index in [1.807, 2.05) is 54.3 Å². The second-order valence-electron chi connectivity index (χ2n) is 8.75. The fourth-order valence-electron chi connectivity index (χ4n) is 5.25. The van der Waals surface area contributed by atoms with Gasteiger partial charge in [0.2, 0.25) is 5.91 Å². The number of likely N-dealkylation sites (tertiary alicyclic amines) is 1. The van der Waals surface area contributed by atoms with Crippen molar-refractivity contribution in [2.45, 2.75) is 31.5 Å². The van der Waals surface area contributed by atoms with Crippen LogP contribution >= 0.6 is 0 Å². The highest BCUT2D eigenvalue weighted by Gasteiger charge is 2.55. The standard InChI is InChI=1S/C27H29N3O4/c1-2-34-22-16-18(12-13-21(22)32)26-23-24(19-10-6-7-11-20(19)31)28-29-25(23)27(33)30(26)15-14-17-8-4-3-5-9-17/h3-13,16,23-26,28-29,31-32H,2,14-15H2,1H3. The zero-order valence-corrected chi connectivity index (χ0v) is 19.0. The topological polar surface area (TPSA) is 94.1 Å². The lowest BCUT2D eigenvalue weighted by molar-refractivity contribution is -0.130. The number of phenols is 2. The number of carbonyl (C=O) groups excluding carboxylic acids is 1. The summed E-state index contributed by atoms with van der Waals surface area (Å²) < 4.78 is 5.65. The van der Waals surface area contributed by atoms with Crippen LogP contribution in [0.25, 0.3) is 0 Å². The Morgan fingerprint density at radius 3 is 2.41 bits per heavy atom. The van der Waals surface area contributed by atoms with Crippen LogP contribution in [0.3, 0.4) is 0 Å². The molecule has 4 atom stereocenters. The van der Waals surface area contributed by atoms with Crippen LogP contribution in [0.15, 0.2) is 72.8 Å². The van der Waals surface area contributed by atoms with E-state index in [-0.39, 0.29) is 35.4 Å². The molecular formula is C27H29N3O4. The van der Waals surface area contributed by atoms with Crippen LogP contribution in [-0.4, -0.2) is 40.2 Å². The molecule has 2 aliphatic rings. The minimum Gasteiger partial charge on any atom is -0.508 e. The maximum atomic E-state index is 13.6. The van der Waals surface area contributed by atoms with E-state index in [0.717, 1.165) is 23.1 Å². The minimum atomic E-state index is -0.435. The number of nitrogens with zero attached hydrogens (tertiary/aromatic N) is 1. The average molecular weight is 460 g/mol. The first-order chi connectivity index (χ1) is 16.6. The van der Waals surface area contributed by atoms with E-state index < -0.39 is 6.04 Å². The van der Waals surface area contributed by atoms with Gasteiger partial charge in [-0.1, -0.05) is 54.6 Å². The highest BCUT2D eigenvalue weighted by Crippen LogP contribution is 2.49. The highest BCUT2D eigenvalue weighted by atomic mass is 16.5. The summed E-state index contributed by atoms with van der Waals surface area (Å²) in [6.45, 7) is 2.85. The summed E-state index contributed by atoms with van der Waals surface area (Å²) in [4.78, 5) is 15.5. The first-order valence-electron chi connectivity index (χ1n) is 11.7. The van der Waals surface area contributed by atoms with Crippen LogP contribution in [-0.2, 0) is 11.2 Å². The summed E-state index contributed by atoms with van der Waals surface area (Å²) in [6.07, 6.45) is 0.730. The van der Waals surface area contributed by atoms with Crippen molar-refractivity contribution in [3.8, 4) is 17.2 Å². The number of ether oxygens (including phenoxy) is 1. The Hall–Kier alpha value is -3.55. The molecule has 2 heterocycles. The van der Waals surface area contributed by atoms with Gasteiger partial charge in [-0.2, -0.15) is 0 Å². The van der Waals surface area contributed by atoms with Gasteiger partial charge in [-0.15, -0.1) is 0 Å². The first-order valence-corrected chi connectivity index (χ1v) is 11.7. The van der Waals surface area contributed by atoms with Crippen molar-refractivity contribution in [2.24, 2.45) is 5.92 Å². The van der Waals surface area contributed by atoms with Crippen molar-refractivity contribution in [3.63, 3.8) is 0 Å². The van der Waals surface area contributed by atoms with Gasteiger partial charge in [-0.05, 0) is 42.7 Å². The summed E-state index contributed by atoms with van der Waals surface area (Å²) in [5, 5.41) is 20.8. The lowest BCUT2D eigenvalue weighted by Crippen LogP contribution is -2.42. The Bertz CT molecular complexity index is 1170. The molecule has 1 amide bonds. The molecule has 0 radical (unpaired) electrons. The zero-order chi connectivity index (χ0) is 23.7. The maximum absolute atomic E-state index is 13.6. The highest BCUT2D eigenvalue weighted by molar-refractivity contribution is 5.86. The minimum absolute atomic E-state index is 0.0161. The molecule has 176 valence electrons. The van der Waals surface area contributed by atoms with Crippen molar-refractivity contribution in [3.05, 3.63) is 89.5 Å². The van der Waals surface area contributed by atoms with Crippen molar-refractivity contribution in [1.82, 2.24) is 15.8 Å². The molecule has 2 aliphatic heterocycles. The summed E-state index contributed by atoms with van der Waals surface area (Å²) in [7, 11) is 0. The van der Waals surface area contributed by atoms with Crippen molar-refractivity contribution < 1.29 is 19.7 Å². The number of carbonyl (C=O) groups is 1. The Kier molecular flexibility index (Phi) is 6.13. The number of aromatic hydroxyl groups is 2. The van der Waals surface area contributed by atoms with Gasteiger partial charge in [0.05, 0.1) is 18.7 Å². The molecule has 0 aliphatic carbocycles. The van der Waals surface area contributed by atoms with Crippen LogP contribution in [0.5, 0.6) is 17.2 Å². The largest absolute Gasteiger partial charge is 0.508 e. The third-order valence-electron chi connectivity index (χ3n) is 6.79. The van der Waals surface area contributed by atoms with Crippen LogP contribution < -0.4 is 15.6 Å². The van der Waals surface area contributed by atoms with Gasteiger partial charge in [0, 0.05) is 18.0 Å². The molecule has 0 saturated carbocycles. The number of nitrogens with one attached hydrogen (secondary N) is 2. The summed E-state index contributed by atoms with van der Waals surface area (Å²) >= 11 is 0. The van der Waals surface area contributed by atoms with Gasteiger partial charge in [0.1, 0.15) is 11.8 Å². The molecule has 3 aromatic carbocycles. The molecule has 2 fully saturated rings. The third-order valence-corrected chi connectivity index (χ3v) is 6.79. The number of hydrogen-bond donors (Lipinski definition) is 4. The Balaban J connectivity index is 1.54. The molecule has 7 heteroatoms. The lowest BCUT2D eigenvalue weighted by Gasteiger charge is -2.32. The number of rotatable bonds is 7. The van der Waals surface area contributed by atoms with E-state index in [1.54, 1.807) is 18.2 Å². The van der Waals surface area contributed by atoms with Crippen LogP contribution in [0.2, 0.25) is 0 Å². The molecule has 34 heavy (non-hydrogen) atoms. The van der Waals surface area contributed by atoms with Crippen molar-refractivity contribution >= 4 is 5.91 Å². The Morgan fingerprint density at radius 1 is 0.912 bits per heavy atom. The van der Waals surface area contributed by atoms with E-state index >= 15 is 0 Å². The van der Waals surface area contributed by atoms with E-state index in [2.05, 4.69) is 23.0 Å². The van der Waals surface area contributed by atoms with Crippen LogP contribution in [0.1, 0.15) is 35.7 Å². The summed E-state index contributed by atoms with van der Waals surface area (Å²) in [5.74, 6) is 0.509. The van der Waals surface area contributed by atoms with Gasteiger partial charge in [0.15, 0.2) is 11.5 Å². The van der Waals surface area contributed by atoms with E-state index in [4.69, 9.17) is 4.74 Å². The SMILES string of the molecule is CCOc1cc(C2C3C(NNC3c3ccccc3O)C(=O)N2CCc2ccccc2)ccc1O. The van der Waals surface area contributed by atoms with E-state index in [0.29, 0.717) is 18.9 Å². The number of amides is 1. The van der Waals surface area contributed by atoms with Gasteiger partial charge in [-0.25, -0.2) is 10.9 Å². The monoisotopic (exact) mass is 459 g/mol. The lowest BCUT2D eigenvalue weighted by atomic mass is 9.83. The predicted molar refractivity (Wildman–Crippen MR) is 128 cm³/mol.